The number of alkyl carbamates (subject to hydrolysis) is 1. The monoisotopic (exact) mass is 283 g/mol. The van der Waals surface area contributed by atoms with E-state index in [1.54, 1.807) is 20.8 Å². The number of nitrogens with one attached hydrogen (secondary N) is 1. The van der Waals surface area contributed by atoms with Gasteiger partial charge < -0.3 is 14.8 Å². The Bertz CT molecular complexity index is 403. The Morgan fingerprint density at radius 3 is 2.50 bits per heavy atom. The van der Waals surface area contributed by atoms with Crippen LogP contribution in [0.25, 0.3) is 0 Å². The van der Waals surface area contributed by atoms with Crippen molar-refractivity contribution in [2.45, 2.75) is 39.0 Å². The molecule has 1 rings (SSSR count). The number of ether oxygens (including phenoxy) is 2. The van der Waals surface area contributed by atoms with Crippen LogP contribution in [-0.4, -0.2) is 31.0 Å². The molecule has 0 aliphatic heterocycles. The molecular formula is C15H22FNO3. The van der Waals surface area contributed by atoms with Crippen LogP contribution in [0.3, 0.4) is 0 Å². The Kier molecular flexibility index (Phi) is 6.45. The van der Waals surface area contributed by atoms with Crippen molar-refractivity contribution in [1.29, 1.82) is 0 Å². The number of amides is 1. The summed E-state index contributed by atoms with van der Waals surface area (Å²) < 4.78 is 23.3. The standard InChI is InChI=1S/C15H22FNO3/c1-15(2,3)20-14(18)17-13(9-16)11-19-10-12-7-5-4-6-8-12/h4-8,13H,9-11H2,1-3H3,(H,17,18). The molecule has 112 valence electrons. The van der Waals surface area contributed by atoms with E-state index >= 15 is 0 Å². The number of alkyl halides is 1. The van der Waals surface area contributed by atoms with Crippen molar-refractivity contribution in [3.63, 3.8) is 0 Å². The zero-order chi connectivity index (χ0) is 15.0. The molecule has 0 aromatic heterocycles. The molecule has 4 nitrogen and oxygen atoms in total. The number of hydrogen-bond donors (Lipinski definition) is 1. The summed E-state index contributed by atoms with van der Waals surface area (Å²) >= 11 is 0. The third-order valence-electron chi connectivity index (χ3n) is 2.34. The summed E-state index contributed by atoms with van der Waals surface area (Å²) in [6, 6.07) is 8.87. The lowest BCUT2D eigenvalue weighted by Crippen LogP contribution is -2.42. The summed E-state index contributed by atoms with van der Waals surface area (Å²) in [4.78, 5) is 11.5. The van der Waals surface area contributed by atoms with Gasteiger partial charge in [0.05, 0.1) is 19.3 Å². The van der Waals surface area contributed by atoms with Gasteiger partial charge >= 0.3 is 6.09 Å². The van der Waals surface area contributed by atoms with Crippen LogP contribution >= 0.6 is 0 Å². The third kappa shape index (κ3) is 7.09. The van der Waals surface area contributed by atoms with Gasteiger partial charge in [0.15, 0.2) is 0 Å². The Hall–Kier alpha value is -1.62. The number of benzene rings is 1. The Balaban J connectivity index is 2.31. The fourth-order valence-electron chi connectivity index (χ4n) is 1.49. The Labute approximate surface area is 119 Å². The van der Waals surface area contributed by atoms with Crippen LogP contribution in [-0.2, 0) is 16.1 Å². The molecule has 1 aromatic carbocycles. The molecule has 1 N–H and O–H groups in total. The van der Waals surface area contributed by atoms with Crippen molar-refractivity contribution < 1.29 is 18.7 Å². The van der Waals surface area contributed by atoms with Gasteiger partial charge in [0.2, 0.25) is 0 Å². The molecule has 0 bridgehead atoms. The highest BCUT2D eigenvalue weighted by molar-refractivity contribution is 5.68. The predicted octanol–water partition coefficient (Wildman–Crippen LogP) is 3.07. The molecule has 1 atom stereocenters. The van der Waals surface area contributed by atoms with E-state index in [0.717, 1.165) is 5.56 Å². The number of carbonyl (C=O) groups excluding carboxylic acids is 1. The molecule has 1 aromatic rings. The van der Waals surface area contributed by atoms with Crippen molar-refractivity contribution in [3.05, 3.63) is 35.9 Å². The molecule has 0 spiro atoms. The van der Waals surface area contributed by atoms with Crippen molar-refractivity contribution in [2.75, 3.05) is 13.3 Å². The van der Waals surface area contributed by atoms with E-state index in [1.807, 2.05) is 30.3 Å². The minimum Gasteiger partial charge on any atom is -0.444 e. The fraction of sp³-hybridized carbons (Fsp3) is 0.533. The molecule has 0 heterocycles. The van der Waals surface area contributed by atoms with E-state index in [2.05, 4.69) is 5.32 Å². The van der Waals surface area contributed by atoms with E-state index in [0.29, 0.717) is 6.61 Å². The maximum Gasteiger partial charge on any atom is 0.408 e. The van der Waals surface area contributed by atoms with Gasteiger partial charge in [-0.1, -0.05) is 30.3 Å². The SMILES string of the molecule is CC(C)(C)OC(=O)NC(CF)COCc1ccccc1. The number of hydrogen-bond acceptors (Lipinski definition) is 3. The first-order valence-electron chi connectivity index (χ1n) is 6.58. The molecule has 0 aliphatic carbocycles. The van der Waals surface area contributed by atoms with Gasteiger partial charge in [-0.3, -0.25) is 0 Å². The second-order valence-electron chi connectivity index (χ2n) is 5.50. The minimum atomic E-state index is -0.700. The lowest BCUT2D eigenvalue weighted by atomic mass is 10.2. The van der Waals surface area contributed by atoms with Gasteiger partial charge in [-0.15, -0.1) is 0 Å². The summed E-state index contributed by atoms with van der Waals surface area (Å²) in [5, 5.41) is 2.45. The van der Waals surface area contributed by atoms with Crippen molar-refractivity contribution in [1.82, 2.24) is 5.32 Å². The topological polar surface area (TPSA) is 47.6 Å². The highest BCUT2D eigenvalue weighted by Crippen LogP contribution is 2.07. The molecular weight excluding hydrogens is 261 g/mol. The maximum atomic E-state index is 12.8. The minimum absolute atomic E-state index is 0.102. The molecule has 0 radical (unpaired) electrons. The van der Waals surface area contributed by atoms with Gasteiger partial charge in [0.1, 0.15) is 12.3 Å². The van der Waals surface area contributed by atoms with Crippen LogP contribution < -0.4 is 5.32 Å². The average Bonchev–Trinajstić information content (AvgIpc) is 2.36. The lowest BCUT2D eigenvalue weighted by Gasteiger charge is -2.22. The largest absolute Gasteiger partial charge is 0.444 e. The first-order chi connectivity index (χ1) is 9.40. The molecule has 5 heteroatoms. The first kappa shape index (κ1) is 16.4. The smallest absolute Gasteiger partial charge is 0.408 e. The molecule has 0 saturated heterocycles. The van der Waals surface area contributed by atoms with E-state index in [4.69, 9.17) is 9.47 Å². The molecule has 0 aliphatic rings. The predicted molar refractivity (Wildman–Crippen MR) is 75.2 cm³/mol. The Morgan fingerprint density at radius 1 is 1.30 bits per heavy atom. The third-order valence-corrected chi connectivity index (χ3v) is 2.34. The summed E-state index contributed by atoms with van der Waals surface area (Å²) in [5.41, 5.74) is 0.401. The van der Waals surface area contributed by atoms with Gasteiger partial charge in [0, 0.05) is 0 Å². The molecule has 20 heavy (non-hydrogen) atoms. The molecule has 1 unspecified atom stereocenters. The van der Waals surface area contributed by atoms with Crippen LogP contribution in [0.5, 0.6) is 0 Å². The van der Waals surface area contributed by atoms with Gasteiger partial charge in [-0.05, 0) is 26.3 Å². The van der Waals surface area contributed by atoms with Gasteiger partial charge in [-0.25, -0.2) is 9.18 Å². The van der Waals surface area contributed by atoms with Gasteiger partial charge in [0.25, 0.3) is 0 Å². The van der Waals surface area contributed by atoms with Crippen molar-refractivity contribution in [2.24, 2.45) is 0 Å². The van der Waals surface area contributed by atoms with E-state index in [1.165, 1.54) is 0 Å². The van der Waals surface area contributed by atoms with Gasteiger partial charge in [-0.2, -0.15) is 0 Å². The van der Waals surface area contributed by atoms with Crippen molar-refractivity contribution >= 4 is 6.09 Å². The highest BCUT2D eigenvalue weighted by Gasteiger charge is 2.19. The van der Waals surface area contributed by atoms with E-state index in [-0.39, 0.29) is 6.61 Å². The normalized spacial score (nSPS) is 12.8. The van der Waals surface area contributed by atoms with Crippen LogP contribution in [0.2, 0.25) is 0 Å². The highest BCUT2D eigenvalue weighted by atomic mass is 19.1. The lowest BCUT2D eigenvalue weighted by molar-refractivity contribution is 0.0407. The first-order valence-corrected chi connectivity index (χ1v) is 6.58. The summed E-state index contributed by atoms with van der Waals surface area (Å²) in [5.74, 6) is 0. The summed E-state index contributed by atoms with van der Waals surface area (Å²) in [6.45, 7) is 5.04. The number of rotatable bonds is 6. The number of carbonyl (C=O) groups is 1. The summed E-state index contributed by atoms with van der Waals surface area (Å²) in [7, 11) is 0. The van der Waals surface area contributed by atoms with Crippen LogP contribution in [0.1, 0.15) is 26.3 Å². The maximum absolute atomic E-state index is 12.8. The fourth-order valence-corrected chi connectivity index (χ4v) is 1.49. The Morgan fingerprint density at radius 2 is 1.95 bits per heavy atom. The van der Waals surface area contributed by atoms with Crippen LogP contribution in [0.15, 0.2) is 30.3 Å². The second kappa shape index (κ2) is 7.85. The zero-order valence-electron chi connectivity index (χ0n) is 12.2. The van der Waals surface area contributed by atoms with Crippen LogP contribution in [0.4, 0.5) is 9.18 Å². The molecule has 1 amide bonds. The van der Waals surface area contributed by atoms with E-state index < -0.39 is 24.4 Å². The van der Waals surface area contributed by atoms with E-state index in [9.17, 15) is 9.18 Å². The zero-order valence-corrected chi connectivity index (χ0v) is 12.2. The van der Waals surface area contributed by atoms with Crippen molar-refractivity contribution in [3.8, 4) is 0 Å². The molecule has 0 fully saturated rings. The average molecular weight is 283 g/mol. The quantitative estimate of drug-likeness (QED) is 0.873. The number of halogens is 1. The van der Waals surface area contributed by atoms with Crippen LogP contribution in [0, 0.1) is 0 Å². The second-order valence-corrected chi connectivity index (χ2v) is 5.50. The molecule has 0 saturated carbocycles. The summed E-state index contributed by atoms with van der Waals surface area (Å²) in [6.07, 6.45) is -0.636.